The minimum atomic E-state index is -0.247. The number of hydrogen-bond donors (Lipinski definition) is 2. The van der Waals surface area contributed by atoms with E-state index in [2.05, 4.69) is 74.2 Å². The monoisotopic (exact) mass is 403 g/mol. The van der Waals surface area contributed by atoms with Gasteiger partial charge in [-0.05, 0) is 34.6 Å². The number of H-pyrrole nitrogens is 1. The first-order valence-electron chi connectivity index (χ1n) is 10.5. The zero-order valence-corrected chi connectivity index (χ0v) is 18.2. The van der Waals surface area contributed by atoms with Gasteiger partial charge in [0.2, 0.25) is 5.58 Å². The van der Waals surface area contributed by atoms with Crippen molar-refractivity contribution in [2.75, 3.05) is 0 Å². The van der Waals surface area contributed by atoms with Crippen molar-refractivity contribution in [3.05, 3.63) is 75.8 Å². The summed E-state index contributed by atoms with van der Waals surface area (Å²) in [6, 6.07) is 16.5. The maximum atomic E-state index is 12.5. The van der Waals surface area contributed by atoms with Crippen molar-refractivity contribution in [3.63, 3.8) is 0 Å². The van der Waals surface area contributed by atoms with Gasteiger partial charge < -0.3 is 14.7 Å². The molecule has 0 aliphatic heterocycles. The lowest BCUT2D eigenvalue weighted by atomic mass is 9.85. The Balaban J connectivity index is 1.61. The van der Waals surface area contributed by atoms with Crippen molar-refractivity contribution in [2.24, 2.45) is 5.92 Å². The zero-order chi connectivity index (χ0) is 21.5. The van der Waals surface area contributed by atoms with E-state index >= 15 is 0 Å². The van der Waals surface area contributed by atoms with E-state index in [0.29, 0.717) is 29.4 Å². The molecule has 1 atom stereocenters. The highest BCUT2D eigenvalue weighted by atomic mass is 16.3. The predicted molar refractivity (Wildman–Crippen MR) is 122 cm³/mol. The lowest BCUT2D eigenvalue weighted by Crippen LogP contribution is -2.27. The molecule has 0 saturated heterocycles. The van der Waals surface area contributed by atoms with Crippen molar-refractivity contribution >= 4 is 22.1 Å². The molecule has 4 rings (SSSR count). The number of aromatic amines is 1. The molecule has 0 unspecified atom stereocenters. The maximum Gasteiger partial charge on any atom is 0.294 e. The Morgan fingerprint density at radius 3 is 2.43 bits per heavy atom. The number of aromatic nitrogens is 2. The molecule has 0 aliphatic carbocycles. The summed E-state index contributed by atoms with van der Waals surface area (Å²) in [5, 5.41) is 4.44. The third-order valence-electron chi connectivity index (χ3n) is 5.57. The average Bonchev–Trinajstić information content (AvgIpc) is 3.07. The molecule has 156 valence electrons. The van der Waals surface area contributed by atoms with Crippen LogP contribution < -0.4 is 10.9 Å². The number of para-hydroxylation sites is 1. The number of nitrogens with zero attached hydrogens (tertiary/aromatic N) is 1. The number of furan rings is 1. The van der Waals surface area contributed by atoms with E-state index in [1.165, 1.54) is 11.1 Å². The Morgan fingerprint density at radius 2 is 1.77 bits per heavy atom. The van der Waals surface area contributed by atoms with Gasteiger partial charge >= 0.3 is 0 Å². The molecule has 0 bridgehead atoms. The SMILES string of the molecule is CC(C)[C@H](NCc1nc2c(oc3ccccc32)c(=O)[nH]1)c1ccc(C(C)(C)C)cc1. The molecule has 0 fully saturated rings. The van der Waals surface area contributed by atoms with Crippen LogP contribution in [0.15, 0.2) is 57.7 Å². The number of rotatable bonds is 5. The highest BCUT2D eigenvalue weighted by Crippen LogP contribution is 2.27. The Bertz CT molecular complexity index is 1230. The molecular weight excluding hydrogens is 374 g/mol. The van der Waals surface area contributed by atoms with E-state index in [1.54, 1.807) is 0 Å². The average molecular weight is 404 g/mol. The predicted octanol–water partition coefficient (Wildman–Crippen LogP) is 5.45. The van der Waals surface area contributed by atoms with E-state index in [4.69, 9.17) is 4.42 Å². The van der Waals surface area contributed by atoms with Gasteiger partial charge in [0.15, 0.2) is 0 Å². The summed E-state index contributed by atoms with van der Waals surface area (Å²) in [6.07, 6.45) is 0. The number of benzene rings is 2. The maximum absolute atomic E-state index is 12.5. The van der Waals surface area contributed by atoms with Crippen LogP contribution in [0, 0.1) is 5.92 Å². The quantitative estimate of drug-likeness (QED) is 0.465. The van der Waals surface area contributed by atoms with Gasteiger partial charge in [0.05, 0.1) is 6.54 Å². The van der Waals surface area contributed by atoms with Crippen LogP contribution in [0.2, 0.25) is 0 Å². The van der Waals surface area contributed by atoms with Crippen LogP contribution in [0.25, 0.3) is 22.1 Å². The van der Waals surface area contributed by atoms with E-state index in [1.807, 2.05) is 24.3 Å². The molecule has 0 saturated carbocycles. The highest BCUT2D eigenvalue weighted by Gasteiger charge is 2.19. The number of hydrogen-bond acceptors (Lipinski definition) is 4. The summed E-state index contributed by atoms with van der Waals surface area (Å²) in [5.41, 5.74) is 4.00. The molecule has 2 aromatic carbocycles. The fourth-order valence-electron chi connectivity index (χ4n) is 3.87. The topological polar surface area (TPSA) is 70.9 Å². The lowest BCUT2D eigenvalue weighted by Gasteiger charge is -2.25. The lowest BCUT2D eigenvalue weighted by molar-refractivity contribution is 0.405. The van der Waals surface area contributed by atoms with Gasteiger partial charge in [-0.2, -0.15) is 0 Å². The molecule has 0 amide bonds. The second-order valence-electron chi connectivity index (χ2n) is 9.26. The summed E-state index contributed by atoms with van der Waals surface area (Å²) < 4.78 is 5.68. The van der Waals surface area contributed by atoms with Gasteiger partial charge in [0, 0.05) is 11.4 Å². The molecule has 0 spiro atoms. The van der Waals surface area contributed by atoms with Gasteiger partial charge in [0.25, 0.3) is 5.56 Å². The minimum absolute atomic E-state index is 0.130. The van der Waals surface area contributed by atoms with Crippen LogP contribution in [0.1, 0.15) is 57.6 Å². The molecule has 4 aromatic rings. The Kier molecular flexibility index (Phi) is 5.24. The van der Waals surface area contributed by atoms with Crippen molar-refractivity contribution in [1.29, 1.82) is 0 Å². The zero-order valence-electron chi connectivity index (χ0n) is 18.2. The first kappa shape index (κ1) is 20.4. The molecule has 2 heterocycles. The fraction of sp³-hybridized carbons (Fsp3) is 0.360. The van der Waals surface area contributed by atoms with Crippen molar-refractivity contribution in [2.45, 2.75) is 52.6 Å². The minimum Gasteiger partial charge on any atom is -0.449 e. The molecule has 5 nitrogen and oxygen atoms in total. The third kappa shape index (κ3) is 3.90. The summed E-state index contributed by atoms with van der Waals surface area (Å²) >= 11 is 0. The number of fused-ring (bicyclic) bond motifs is 3. The van der Waals surface area contributed by atoms with Gasteiger partial charge in [-0.3, -0.25) is 4.79 Å². The summed E-state index contributed by atoms with van der Waals surface area (Å²) in [4.78, 5) is 20.1. The van der Waals surface area contributed by atoms with E-state index in [-0.39, 0.29) is 22.6 Å². The van der Waals surface area contributed by atoms with Crippen molar-refractivity contribution in [3.8, 4) is 0 Å². The van der Waals surface area contributed by atoms with Crippen LogP contribution >= 0.6 is 0 Å². The van der Waals surface area contributed by atoms with Gasteiger partial charge in [-0.25, -0.2) is 4.98 Å². The first-order valence-corrected chi connectivity index (χ1v) is 10.5. The Hall–Kier alpha value is -2.92. The van der Waals surface area contributed by atoms with E-state index in [0.717, 1.165) is 5.39 Å². The van der Waals surface area contributed by atoms with E-state index in [9.17, 15) is 4.79 Å². The number of nitrogens with one attached hydrogen (secondary N) is 2. The molecule has 2 N–H and O–H groups in total. The highest BCUT2D eigenvalue weighted by molar-refractivity contribution is 6.01. The normalized spacial score (nSPS) is 13.4. The van der Waals surface area contributed by atoms with Gasteiger partial charge in [-0.1, -0.05) is 71.0 Å². The van der Waals surface area contributed by atoms with Gasteiger partial charge in [-0.15, -0.1) is 0 Å². The summed E-state index contributed by atoms with van der Waals surface area (Å²) in [5.74, 6) is 0.992. The van der Waals surface area contributed by atoms with E-state index < -0.39 is 0 Å². The molecule has 0 radical (unpaired) electrons. The third-order valence-corrected chi connectivity index (χ3v) is 5.57. The van der Waals surface area contributed by atoms with Crippen LogP contribution in [-0.4, -0.2) is 9.97 Å². The summed E-state index contributed by atoms with van der Waals surface area (Å²) in [6.45, 7) is 11.5. The Morgan fingerprint density at radius 1 is 1.07 bits per heavy atom. The standard InChI is InChI=1S/C25H29N3O2/c1-15(2)21(16-10-12-17(13-11-16)25(3,4)5)26-14-20-27-22-18-8-6-7-9-19(18)30-23(22)24(29)28-20/h6-13,15,21,26H,14H2,1-5H3,(H,27,28,29)/t21-/m0/s1. The van der Waals surface area contributed by atoms with Crippen LogP contribution in [-0.2, 0) is 12.0 Å². The largest absolute Gasteiger partial charge is 0.449 e. The molecule has 30 heavy (non-hydrogen) atoms. The fourth-order valence-corrected chi connectivity index (χ4v) is 3.87. The van der Waals surface area contributed by atoms with Gasteiger partial charge in [0.1, 0.15) is 16.9 Å². The second kappa shape index (κ2) is 7.73. The Labute approximate surface area is 176 Å². The molecule has 5 heteroatoms. The first-order chi connectivity index (χ1) is 14.2. The van der Waals surface area contributed by atoms with Crippen LogP contribution in [0.4, 0.5) is 0 Å². The summed E-state index contributed by atoms with van der Waals surface area (Å²) in [7, 11) is 0. The van der Waals surface area contributed by atoms with Crippen molar-refractivity contribution < 1.29 is 4.42 Å². The smallest absolute Gasteiger partial charge is 0.294 e. The second-order valence-corrected chi connectivity index (χ2v) is 9.26. The molecular formula is C25H29N3O2. The molecule has 2 aromatic heterocycles. The van der Waals surface area contributed by atoms with Crippen molar-refractivity contribution in [1.82, 2.24) is 15.3 Å². The van der Waals surface area contributed by atoms with Crippen LogP contribution in [0.5, 0.6) is 0 Å². The van der Waals surface area contributed by atoms with Crippen LogP contribution in [0.3, 0.4) is 0 Å². The molecule has 0 aliphatic rings.